The van der Waals surface area contributed by atoms with Gasteiger partial charge in [0.15, 0.2) is 0 Å². The van der Waals surface area contributed by atoms with Crippen LogP contribution in [0, 0.1) is 6.92 Å². The van der Waals surface area contributed by atoms with Crippen LogP contribution in [0.4, 0.5) is 5.69 Å². The van der Waals surface area contributed by atoms with E-state index in [9.17, 15) is 10.2 Å². The van der Waals surface area contributed by atoms with Crippen molar-refractivity contribution in [2.24, 2.45) is 0 Å². The molecule has 2 atom stereocenters. The maximum atomic E-state index is 9.73. The molecule has 0 saturated carbocycles. The first-order valence-electron chi connectivity index (χ1n) is 7.22. The molecule has 20 heavy (non-hydrogen) atoms. The largest absolute Gasteiger partial charge is 0.389 e. The number of rotatable bonds is 3. The maximum Gasteiger partial charge on any atom is 0.0990 e. The molecule has 4 heteroatoms. The van der Waals surface area contributed by atoms with Crippen LogP contribution in [-0.2, 0) is 6.54 Å². The van der Waals surface area contributed by atoms with Crippen molar-refractivity contribution in [3.63, 3.8) is 0 Å². The van der Waals surface area contributed by atoms with Gasteiger partial charge in [-0.15, -0.1) is 0 Å². The van der Waals surface area contributed by atoms with Crippen LogP contribution >= 0.6 is 0 Å². The summed E-state index contributed by atoms with van der Waals surface area (Å²) in [6.07, 6.45) is -1.31. The summed E-state index contributed by atoms with van der Waals surface area (Å²) >= 11 is 0. The predicted octanol–water partition coefficient (Wildman–Crippen LogP) is 1.42. The van der Waals surface area contributed by atoms with E-state index >= 15 is 0 Å². The monoisotopic (exact) mass is 278 g/mol. The number of hydrogen-bond donors (Lipinski definition) is 3. The number of β-amino-alcohol motifs (C(OH)–C–C–N with tert-alkyl or cyclic N) is 2. The van der Waals surface area contributed by atoms with E-state index in [1.165, 1.54) is 11.1 Å². The summed E-state index contributed by atoms with van der Waals surface area (Å²) in [5, 5.41) is 23.0. The van der Waals surface area contributed by atoms with Gasteiger partial charge in [0.05, 0.1) is 12.2 Å². The van der Waals surface area contributed by atoms with Crippen LogP contribution in [0.15, 0.2) is 18.2 Å². The van der Waals surface area contributed by atoms with Crippen LogP contribution in [-0.4, -0.2) is 41.0 Å². The average molecular weight is 278 g/mol. The molecule has 3 N–H and O–H groups in total. The Labute approximate surface area is 121 Å². The topological polar surface area (TPSA) is 55.7 Å². The van der Waals surface area contributed by atoms with Crippen molar-refractivity contribution in [1.29, 1.82) is 0 Å². The molecule has 0 aromatic heterocycles. The van der Waals surface area contributed by atoms with Crippen LogP contribution in [0.1, 0.15) is 31.9 Å². The van der Waals surface area contributed by atoms with Gasteiger partial charge in [-0.2, -0.15) is 0 Å². The molecule has 1 aromatic rings. The molecule has 1 saturated heterocycles. The first-order valence-corrected chi connectivity index (χ1v) is 7.22. The Morgan fingerprint density at radius 3 is 2.35 bits per heavy atom. The Bertz CT molecular complexity index is 458. The van der Waals surface area contributed by atoms with E-state index in [2.05, 4.69) is 56.1 Å². The zero-order valence-corrected chi connectivity index (χ0v) is 12.8. The standard InChI is InChI=1S/C16H26N2O2/c1-11-5-6-13(18-9-14(19)15(20)10-18)12(7-11)8-17-16(2,3)4/h5-7,14-15,17,19-20H,8-10H2,1-4H3. The number of aliphatic hydroxyl groups excluding tert-OH is 2. The lowest BCUT2D eigenvalue weighted by molar-refractivity contribution is 0.0572. The van der Waals surface area contributed by atoms with Gasteiger partial charge >= 0.3 is 0 Å². The Balaban J connectivity index is 2.20. The quantitative estimate of drug-likeness (QED) is 0.783. The van der Waals surface area contributed by atoms with E-state index in [1.807, 2.05) is 0 Å². The van der Waals surface area contributed by atoms with Gasteiger partial charge in [-0.05, 0) is 39.3 Å². The van der Waals surface area contributed by atoms with Gasteiger partial charge in [0.1, 0.15) is 0 Å². The molecule has 0 amide bonds. The molecule has 112 valence electrons. The molecule has 1 aliphatic rings. The van der Waals surface area contributed by atoms with Crippen molar-refractivity contribution in [3.05, 3.63) is 29.3 Å². The second-order valence-corrected chi connectivity index (χ2v) is 6.78. The Morgan fingerprint density at radius 2 is 1.80 bits per heavy atom. The number of aryl methyl sites for hydroxylation is 1. The van der Waals surface area contributed by atoms with Crippen LogP contribution in [0.2, 0.25) is 0 Å². The fourth-order valence-electron chi connectivity index (χ4n) is 2.49. The minimum atomic E-state index is -0.653. The van der Waals surface area contributed by atoms with Gasteiger partial charge < -0.3 is 20.4 Å². The molecule has 0 bridgehead atoms. The van der Waals surface area contributed by atoms with Gasteiger partial charge in [-0.3, -0.25) is 0 Å². The van der Waals surface area contributed by atoms with E-state index in [0.29, 0.717) is 13.1 Å². The number of benzene rings is 1. The molecule has 4 nitrogen and oxygen atoms in total. The third-order valence-corrected chi connectivity index (χ3v) is 3.64. The predicted molar refractivity (Wildman–Crippen MR) is 82.0 cm³/mol. The molecule has 2 unspecified atom stereocenters. The van der Waals surface area contributed by atoms with Crippen molar-refractivity contribution in [3.8, 4) is 0 Å². The first-order chi connectivity index (χ1) is 9.26. The molecular weight excluding hydrogens is 252 g/mol. The van der Waals surface area contributed by atoms with Gasteiger partial charge in [0.2, 0.25) is 0 Å². The first kappa shape index (κ1) is 15.3. The van der Waals surface area contributed by atoms with Crippen molar-refractivity contribution in [1.82, 2.24) is 5.32 Å². The van der Waals surface area contributed by atoms with E-state index in [4.69, 9.17) is 0 Å². The second-order valence-electron chi connectivity index (χ2n) is 6.78. The van der Waals surface area contributed by atoms with Crippen LogP contribution in [0.3, 0.4) is 0 Å². The molecule has 1 heterocycles. The van der Waals surface area contributed by atoms with Crippen molar-refractivity contribution in [2.75, 3.05) is 18.0 Å². The lowest BCUT2D eigenvalue weighted by Crippen LogP contribution is -2.35. The van der Waals surface area contributed by atoms with E-state index in [0.717, 1.165) is 12.2 Å². The summed E-state index contributed by atoms with van der Waals surface area (Å²) in [4.78, 5) is 2.06. The molecule has 1 aliphatic heterocycles. The third kappa shape index (κ3) is 3.72. The average Bonchev–Trinajstić information content (AvgIpc) is 2.66. The van der Waals surface area contributed by atoms with Crippen molar-refractivity contribution >= 4 is 5.69 Å². The third-order valence-electron chi connectivity index (χ3n) is 3.64. The lowest BCUT2D eigenvalue weighted by atomic mass is 10.1. The lowest BCUT2D eigenvalue weighted by Gasteiger charge is -2.25. The number of aliphatic hydroxyl groups is 2. The van der Waals surface area contributed by atoms with Gasteiger partial charge in [0, 0.05) is 30.9 Å². The van der Waals surface area contributed by atoms with Crippen LogP contribution < -0.4 is 10.2 Å². The SMILES string of the molecule is Cc1ccc(N2CC(O)C(O)C2)c(CNC(C)(C)C)c1. The minimum absolute atomic E-state index is 0.0606. The summed E-state index contributed by atoms with van der Waals surface area (Å²) in [7, 11) is 0. The molecule has 0 radical (unpaired) electrons. The summed E-state index contributed by atoms with van der Waals surface area (Å²) in [5.74, 6) is 0. The second kappa shape index (κ2) is 5.72. The minimum Gasteiger partial charge on any atom is -0.389 e. The highest BCUT2D eigenvalue weighted by Crippen LogP contribution is 2.26. The fraction of sp³-hybridized carbons (Fsp3) is 0.625. The molecular formula is C16H26N2O2. The molecule has 1 fully saturated rings. The number of nitrogens with one attached hydrogen (secondary N) is 1. The number of anilines is 1. The van der Waals surface area contributed by atoms with Crippen molar-refractivity contribution in [2.45, 2.75) is 52.0 Å². The van der Waals surface area contributed by atoms with Crippen LogP contribution in [0.25, 0.3) is 0 Å². The molecule has 0 spiro atoms. The van der Waals surface area contributed by atoms with Crippen molar-refractivity contribution < 1.29 is 10.2 Å². The highest BCUT2D eigenvalue weighted by atomic mass is 16.3. The molecule has 0 aliphatic carbocycles. The number of nitrogens with zero attached hydrogens (tertiary/aromatic N) is 1. The van der Waals surface area contributed by atoms with Gasteiger partial charge in [-0.25, -0.2) is 0 Å². The highest BCUT2D eigenvalue weighted by Gasteiger charge is 2.30. The Morgan fingerprint density at radius 1 is 1.20 bits per heavy atom. The van der Waals surface area contributed by atoms with E-state index in [-0.39, 0.29) is 5.54 Å². The van der Waals surface area contributed by atoms with Gasteiger partial charge in [0.25, 0.3) is 0 Å². The molecule has 1 aromatic carbocycles. The molecule has 2 rings (SSSR count). The van der Waals surface area contributed by atoms with E-state index < -0.39 is 12.2 Å². The zero-order chi connectivity index (χ0) is 14.9. The highest BCUT2D eigenvalue weighted by molar-refractivity contribution is 5.56. The zero-order valence-electron chi connectivity index (χ0n) is 12.8. The Kier molecular flexibility index (Phi) is 4.37. The fourth-order valence-corrected chi connectivity index (χ4v) is 2.49. The van der Waals surface area contributed by atoms with Crippen LogP contribution in [0.5, 0.6) is 0 Å². The maximum absolute atomic E-state index is 9.73. The smallest absolute Gasteiger partial charge is 0.0990 e. The van der Waals surface area contributed by atoms with Gasteiger partial charge in [-0.1, -0.05) is 17.7 Å². The van der Waals surface area contributed by atoms with E-state index in [1.54, 1.807) is 0 Å². The number of hydrogen-bond acceptors (Lipinski definition) is 4. The summed E-state index contributed by atoms with van der Waals surface area (Å²) in [6, 6.07) is 6.33. The summed E-state index contributed by atoms with van der Waals surface area (Å²) < 4.78 is 0. The Hall–Kier alpha value is -1.10. The summed E-state index contributed by atoms with van der Waals surface area (Å²) in [6.45, 7) is 10.3. The summed E-state index contributed by atoms with van der Waals surface area (Å²) in [5.41, 5.74) is 3.59. The normalized spacial score (nSPS) is 23.4.